The van der Waals surface area contributed by atoms with Gasteiger partial charge in [0.05, 0.1) is 12.7 Å². The Bertz CT molecular complexity index is 499. The van der Waals surface area contributed by atoms with Gasteiger partial charge in [0.25, 0.3) is 0 Å². The third-order valence-electron chi connectivity index (χ3n) is 2.95. The van der Waals surface area contributed by atoms with Gasteiger partial charge in [0, 0.05) is 12.7 Å². The molecule has 3 nitrogen and oxygen atoms in total. The lowest BCUT2D eigenvalue weighted by molar-refractivity contribution is 0.0525. The Kier molecular flexibility index (Phi) is 4.93. The summed E-state index contributed by atoms with van der Waals surface area (Å²) in [7, 11) is 0. The summed E-state index contributed by atoms with van der Waals surface area (Å²) in [5.74, 6) is 0.899. The fraction of sp³-hybridized carbons (Fsp3) is 0.312. The van der Waals surface area contributed by atoms with Gasteiger partial charge in [0.15, 0.2) is 0 Å². The first-order chi connectivity index (χ1) is 9.29. The van der Waals surface area contributed by atoms with Crippen molar-refractivity contribution >= 4 is 5.82 Å². The Morgan fingerprint density at radius 1 is 1.21 bits per heavy atom. The van der Waals surface area contributed by atoms with E-state index in [9.17, 15) is 0 Å². The van der Waals surface area contributed by atoms with Gasteiger partial charge in [-0.1, -0.05) is 30.3 Å². The average molecular weight is 256 g/mol. The van der Waals surface area contributed by atoms with Gasteiger partial charge in [-0.25, -0.2) is 4.98 Å². The zero-order valence-electron chi connectivity index (χ0n) is 11.5. The van der Waals surface area contributed by atoms with E-state index in [1.165, 1.54) is 5.56 Å². The first kappa shape index (κ1) is 13.6. The number of pyridine rings is 1. The number of aromatic nitrogens is 1. The van der Waals surface area contributed by atoms with Crippen molar-refractivity contribution < 1.29 is 4.74 Å². The van der Waals surface area contributed by atoms with Crippen molar-refractivity contribution in [3.05, 3.63) is 59.8 Å². The Morgan fingerprint density at radius 2 is 2.00 bits per heavy atom. The number of hydrogen-bond acceptors (Lipinski definition) is 3. The van der Waals surface area contributed by atoms with E-state index in [0.717, 1.165) is 17.9 Å². The highest BCUT2D eigenvalue weighted by atomic mass is 16.5. The summed E-state index contributed by atoms with van der Waals surface area (Å²) < 4.78 is 5.89. The molecule has 0 saturated heterocycles. The highest BCUT2D eigenvalue weighted by molar-refractivity contribution is 5.37. The molecule has 0 aliphatic rings. The minimum absolute atomic E-state index is 0.0944. The molecule has 0 fully saturated rings. The van der Waals surface area contributed by atoms with Crippen LogP contribution in [-0.2, 0) is 11.3 Å². The maximum atomic E-state index is 5.89. The van der Waals surface area contributed by atoms with Crippen molar-refractivity contribution in [2.45, 2.75) is 26.6 Å². The number of ether oxygens (including phenoxy) is 1. The maximum absolute atomic E-state index is 5.89. The van der Waals surface area contributed by atoms with E-state index in [1.807, 2.05) is 36.5 Å². The van der Waals surface area contributed by atoms with Crippen LogP contribution in [0, 0.1) is 0 Å². The molecule has 0 aliphatic heterocycles. The van der Waals surface area contributed by atoms with E-state index in [2.05, 4.69) is 36.3 Å². The predicted octanol–water partition coefficient (Wildman–Crippen LogP) is 3.79. The summed E-state index contributed by atoms with van der Waals surface area (Å²) in [6.45, 7) is 5.60. The fourth-order valence-electron chi connectivity index (χ4n) is 1.88. The van der Waals surface area contributed by atoms with Gasteiger partial charge in [-0.2, -0.15) is 0 Å². The van der Waals surface area contributed by atoms with Gasteiger partial charge in [0.2, 0.25) is 0 Å². The van der Waals surface area contributed by atoms with Gasteiger partial charge >= 0.3 is 0 Å². The molecule has 2 aromatic rings. The van der Waals surface area contributed by atoms with Gasteiger partial charge in [0.1, 0.15) is 5.82 Å². The molecule has 19 heavy (non-hydrogen) atoms. The number of nitrogens with one attached hydrogen (secondary N) is 1. The third-order valence-corrected chi connectivity index (χ3v) is 2.95. The molecular formula is C16H20N2O. The van der Waals surface area contributed by atoms with E-state index < -0.39 is 0 Å². The second-order valence-corrected chi connectivity index (χ2v) is 4.44. The van der Waals surface area contributed by atoms with Crippen molar-refractivity contribution in [2.75, 3.05) is 11.9 Å². The molecule has 1 heterocycles. The van der Waals surface area contributed by atoms with Crippen LogP contribution in [0.4, 0.5) is 5.82 Å². The highest BCUT2D eigenvalue weighted by Gasteiger charge is 2.05. The van der Waals surface area contributed by atoms with Crippen LogP contribution in [0.2, 0.25) is 0 Å². The molecule has 0 saturated carbocycles. The summed E-state index contributed by atoms with van der Waals surface area (Å²) >= 11 is 0. The molecule has 0 spiro atoms. The van der Waals surface area contributed by atoms with Crippen molar-refractivity contribution in [1.82, 2.24) is 4.98 Å². The quantitative estimate of drug-likeness (QED) is 0.853. The molecule has 0 bridgehead atoms. The molecule has 1 atom stereocenters. The van der Waals surface area contributed by atoms with Crippen molar-refractivity contribution in [2.24, 2.45) is 0 Å². The Hall–Kier alpha value is -1.87. The van der Waals surface area contributed by atoms with E-state index in [1.54, 1.807) is 0 Å². The second-order valence-electron chi connectivity index (χ2n) is 4.44. The number of anilines is 1. The molecular weight excluding hydrogens is 236 g/mol. The summed E-state index contributed by atoms with van der Waals surface area (Å²) in [5.41, 5.74) is 2.33. The van der Waals surface area contributed by atoms with Gasteiger partial charge < -0.3 is 10.1 Å². The van der Waals surface area contributed by atoms with Crippen LogP contribution in [0.25, 0.3) is 0 Å². The highest BCUT2D eigenvalue weighted by Crippen LogP contribution is 2.18. The standard InChI is InChI=1S/C16H20N2O/c1-3-17-16-11-14(9-10-18-16)12-19-13(2)15-7-5-4-6-8-15/h4-11,13H,3,12H2,1-2H3,(H,17,18). The Balaban J connectivity index is 1.93. The molecule has 3 heteroatoms. The number of hydrogen-bond donors (Lipinski definition) is 1. The molecule has 0 amide bonds. The normalized spacial score (nSPS) is 12.1. The summed E-state index contributed by atoms with van der Waals surface area (Å²) in [4.78, 5) is 4.25. The minimum atomic E-state index is 0.0944. The van der Waals surface area contributed by atoms with Crippen LogP contribution in [0.3, 0.4) is 0 Å². The van der Waals surface area contributed by atoms with Crippen LogP contribution in [0.1, 0.15) is 31.1 Å². The first-order valence-corrected chi connectivity index (χ1v) is 6.65. The van der Waals surface area contributed by atoms with E-state index in [4.69, 9.17) is 4.74 Å². The van der Waals surface area contributed by atoms with Crippen LogP contribution >= 0.6 is 0 Å². The van der Waals surface area contributed by atoms with Gasteiger partial charge in [-0.05, 0) is 37.1 Å². The molecule has 0 radical (unpaired) electrons. The zero-order chi connectivity index (χ0) is 13.5. The summed E-state index contributed by atoms with van der Waals surface area (Å²) in [6.07, 6.45) is 1.90. The zero-order valence-corrected chi connectivity index (χ0v) is 11.5. The summed E-state index contributed by atoms with van der Waals surface area (Å²) in [6, 6.07) is 14.3. The average Bonchev–Trinajstić information content (AvgIpc) is 2.46. The largest absolute Gasteiger partial charge is 0.370 e. The number of rotatable bonds is 6. The molecule has 0 aliphatic carbocycles. The Labute approximate surface area is 114 Å². The van der Waals surface area contributed by atoms with Gasteiger partial charge in [-0.15, -0.1) is 0 Å². The summed E-state index contributed by atoms with van der Waals surface area (Å²) in [5, 5.41) is 3.20. The predicted molar refractivity (Wildman–Crippen MR) is 78.0 cm³/mol. The van der Waals surface area contributed by atoms with E-state index >= 15 is 0 Å². The minimum Gasteiger partial charge on any atom is -0.370 e. The van der Waals surface area contributed by atoms with Crippen molar-refractivity contribution in [3.63, 3.8) is 0 Å². The monoisotopic (exact) mass is 256 g/mol. The lowest BCUT2D eigenvalue weighted by Crippen LogP contribution is -2.02. The van der Waals surface area contributed by atoms with Crippen molar-refractivity contribution in [3.8, 4) is 0 Å². The molecule has 1 N–H and O–H groups in total. The van der Waals surface area contributed by atoms with Crippen LogP contribution < -0.4 is 5.32 Å². The molecule has 2 rings (SSSR count). The second kappa shape index (κ2) is 6.90. The lowest BCUT2D eigenvalue weighted by Gasteiger charge is -2.13. The number of nitrogens with zero attached hydrogens (tertiary/aromatic N) is 1. The molecule has 1 aromatic heterocycles. The van der Waals surface area contributed by atoms with Crippen LogP contribution in [0.15, 0.2) is 48.7 Å². The first-order valence-electron chi connectivity index (χ1n) is 6.65. The van der Waals surface area contributed by atoms with Crippen LogP contribution in [0.5, 0.6) is 0 Å². The van der Waals surface area contributed by atoms with E-state index in [-0.39, 0.29) is 6.10 Å². The lowest BCUT2D eigenvalue weighted by atomic mass is 10.1. The SMILES string of the molecule is CCNc1cc(COC(C)c2ccccc2)ccn1. The molecule has 1 aromatic carbocycles. The van der Waals surface area contributed by atoms with Gasteiger partial charge in [-0.3, -0.25) is 0 Å². The topological polar surface area (TPSA) is 34.1 Å². The maximum Gasteiger partial charge on any atom is 0.126 e. The molecule has 100 valence electrons. The van der Waals surface area contributed by atoms with Crippen molar-refractivity contribution in [1.29, 1.82) is 0 Å². The van der Waals surface area contributed by atoms with E-state index in [0.29, 0.717) is 6.61 Å². The molecule has 1 unspecified atom stereocenters. The van der Waals surface area contributed by atoms with Crippen LogP contribution in [-0.4, -0.2) is 11.5 Å². The number of benzene rings is 1. The smallest absolute Gasteiger partial charge is 0.126 e. The Morgan fingerprint density at radius 3 is 2.74 bits per heavy atom. The third kappa shape index (κ3) is 4.07. The fourth-order valence-corrected chi connectivity index (χ4v) is 1.88.